The third-order valence-corrected chi connectivity index (χ3v) is 18.0. The number of pyridine rings is 2. The number of halogens is 1. The molecule has 0 spiro atoms. The molecule has 0 N–H and O–H groups in total. The molecule has 12 aromatic rings. The normalized spacial score (nSPS) is 13.5. The van der Waals surface area contributed by atoms with E-state index in [1.54, 1.807) is 6.20 Å². The van der Waals surface area contributed by atoms with Gasteiger partial charge in [-0.15, -0.1) is 28.9 Å². The fourth-order valence-corrected chi connectivity index (χ4v) is 15.7. The van der Waals surface area contributed by atoms with Crippen LogP contribution in [0.1, 0.15) is 17.3 Å². The Balaban J connectivity index is 0.00000444. The Bertz CT molecular complexity index is 3720. The van der Waals surface area contributed by atoms with E-state index in [1.165, 1.54) is 26.3 Å². The SMILES string of the molecule is FC(c1[c-]c2c(cc1)[Si](c1ccccc1)(c1ccccc1)c1c(ccc3c4ccccc4n(-c4ccccc4)c13)N2c1ccccn1)c1[c-]c2c(cc1)c1ccccc1n1ccnc21.[Pt+2]. The van der Waals surface area contributed by atoms with Gasteiger partial charge < -0.3 is 13.9 Å². The predicted molar refractivity (Wildman–Crippen MR) is 261 cm³/mol. The Morgan fingerprint density at radius 3 is 1.86 bits per heavy atom. The topological polar surface area (TPSA) is 38.4 Å². The second kappa shape index (κ2) is 15.4. The molecule has 5 heterocycles. The average molecular weight is 1030 g/mol. The van der Waals surface area contributed by atoms with Crippen LogP contribution < -0.4 is 25.6 Å². The Hall–Kier alpha value is -7.44. The summed E-state index contributed by atoms with van der Waals surface area (Å²) in [5, 5.41) is 9.95. The van der Waals surface area contributed by atoms with Gasteiger partial charge in [-0.05, 0) is 53.0 Å². The van der Waals surface area contributed by atoms with Crippen molar-refractivity contribution in [1.82, 2.24) is 18.9 Å². The zero-order chi connectivity index (χ0) is 42.4. The number of alkyl halides is 1. The molecule has 0 saturated heterocycles. The number of para-hydroxylation sites is 3. The van der Waals surface area contributed by atoms with Gasteiger partial charge in [-0.2, -0.15) is 18.2 Å². The van der Waals surface area contributed by atoms with Crippen LogP contribution in [0.4, 0.5) is 21.6 Å². The number of imidazole rings is 1. The molecule has 1 atom stereocenters. The molecule has 5 nitrogen and oxygen atoms in total. The van der Waals surface area contributed by atoms with Crippen LogP contribution in [0.25, 0.3) is 54.8 Å². The van der Waals surface area contributed by atoms with Gasteiger partial charge in [-0.3, -0.25) is 4.98 Å². The Morgan fingerprint density at radius 2 is 1.14 bits per heavy atom. The number of benzene rings is 8. The first-order valence-corrected chi connectivity index (χ1v) is 23.5. The van der Waals surface area contributed by atoms with Crippen LogP contribution in [-0.4, -0.2) is 27.0 Å². The number of rotatable bonds is 6. The van der Waals surface area contributed by atoms with Crippen LogP contribution in [0, 0.1) is 12.1 Å². The maximum Gasteiger partial charge on any atom is 2.00 e. The summed E-state index contributed by atoms with van der Waals surface area (Å²) in [6.45, 7) is 0. The molecule has 0 fully saturated rings. The van der Waals surface area contributed by atoms with E-state index in [0.717, 1.165) is 66.4 Å². The zero-order valence-electron chi connectivity index (χ0n) is 34.7. The fourth-order valence-electron chi connectivity index (χ4n) is 10.5. The van der Waals surface area contributed by atoms with Crippen molar-refractivity contribution in [2.45, 2.75) is 6.17 Å². The van der Waals surface area contributed by atoms with E-state index in [0.29, 0.717) is 11.1 Å². The second-order valence-electron chi connectivity index (χ2n) is 16.4. The van der Waals surface area contributed by atoms with E-state index in [-0.39, 0.29) is 21.1 Å². The first-order valence-electron chi connectivity index (χ1n) is 21.5. The van der Waals surface area contributed by atoms with Crippen molar-refractivity contribution >= 4 is 95.1 Å². The van der Waals surface area contributed by atoms with Crippen LogP contribution >= 0.6 is 0 Å². The van der Waals surface area contributed by atoms with E-state index in [4.69, 9.17) is 9.97 Å². The van der Waals surface area contributed by atoms with Gasteiger partial charge in [0.15, 0.2) is 0 Å². The largest absolute Gasteiger partial charge is 2.00 e. The Kier molecular flexibility index (Phi) is 9.26. The van der Waals surface area contributed by atoms with Gasteiger partial charge in [0.05, 0.1) is 16.7 Å². The Labute approximate surface area is 390 Å². The van der Waals surface area contributed by atoms with Gasteiger partial charge in [0.1, 0.15) is 20.1 Å². The minimum absolute atomic E-state index is 0. The summed E-state index contributed by atoms with van der Waals surface area (Å²) in [7, 11) is -3.33. The maximum absolute atomic E-state index is 17.7. The van der Waals surface area contributed by atoms with Crippen LogP contribution in [0.15, 0.2) is 213 Å². The van der Waals surface area contributed by atoms with Crippen molar-refractivity contribution in [3.05, 3.63) is 236 Å². The molecule has 4 aromatic heterocycles. The summed E-state index contributed by atoms with van der Waals surface area (Å²) in [5.41, 5.74) is 7.77. The third-order valence-electron chi connectivity index (χ3n) is 13.1. The summed E-state index contributed by atoms with van der Waals surface area (Å²) >= 11 is 0. The second-order valence-corrected chi connectivity index (χ2v) is 20.1. The quantitative estimate of drug-likeness (QED) is 0.0946. The summed E-state index contributed by atoms with van der Waals surface area (Å²) in [6.07, 6.45) is 4.04. The van der Waals surface area contributed by atoms with Gasteiger partial charge >= 0.3 is 21.1 Å². The molecule has 0 radical (unpaired) electrons. The standard InChI is InChI=1S/C57H36FN5Si.Pt/c58-54(38-27-29-43-44-22-10-12-24-48(44)61-35-34-60-57(61)47(43)36-38)39-28-32-52-51(37-39)63(53-26-14-15-33-59-53)50-31-30-46-45-23-11-13-25-49(45)62(40-16-4-1-5-17-40)55(46)56(50)64(52,41-18-6-2-7-19-41)42-20-8-3-9-21-42;/h1-35,54H;/q-2;+2. The van der Waals surface area contributed by atoms with Crippen molar-refractivity contribution < 1.29 is 25.5 Å². The first-order chi connectivity index (χ1) is 31.7. The molecular formula is C57H36FN5PtSi. The molecule has 310 valence electrons. The molecule has 1 unspecified atom stereocenters. The van der Waals surface area contributed by atoms with Gasteiger partial charge in [-0.1, -0.05) is 160 Å². The molecule has 1 aliphatic heterocycles. The molecule has 8 heteroatoms. The molecule has 1 aliphatic rings. The summed E-state index contributed by atoms with van der Waals surface area (Å²) < 4.78 is 22.2. The number of nitrogens with zero attached hydrogens (tertiary/aromatic N) is 5. The van der Waals surface area contributed by atoms with Crippen molar-refractivity contribution in [2.75, 3.05) is 4.90 Å². The fraction of sp³-hybridized carbons (Fsp3) is 0.0175. The monoisotopic (exact) mass is 1030 g/mol. The van der Waals surface area contributed by atoms with Gasteiger partial charge in [0.25, 0.3) is 0 Å². The minimum atomic E-state index is -3.33. The number of anilines is 3. The van der Waals surface area contributed by atoms with Crippen LogP contribution in [0.2, 0.25) is 0 Å². The van der Waals surface area contributed by atoms with Gasteiger partial charge in [-0.25, -0.2) is 9.37 Å². The van der Waals surface area contributed by atoms with Crippen LogP contribution in [0.3, 0.4) is 0 Å². The van der Waals surface area contributed by atoms with Gasteiger partial charge in [0, 0.05) is 46.3 Å². The van der Waals surface area contributed by atoms with E-state index in [9.17, 15) is 0 Å². The minimum Gasteiger partial charge on any atom is -0.340 e. The maximum atomic E-state index is 17.7. The number of fused-ring (bicyclic) bond motifs is 12. The molecular weight excluding hydrogens is 997 g/mol. The predicted octanol–water partition coefficient (Wildman–Crippen LogP) is 11.0. The van der Waals surface area contributed by atoms with Crippen molar-refractivity contribution in [3.8, 4) is 5.69 Å². The smallest absolute Gasteiger partial charge is 0.340 e. The molecule has 0 bridgehead atoms. The molecule has 13 rings (SSSR count). The average Bonchev–Trinajstić information content (AvgIpc) is 4.01. The third kappa shape index (κ3) is 5.72. The molecule has 8 aromatic carbocycles. The number of hydrogen-bond acceptors (Lipinski definition) is 3. The zero-order valence-corrected chi connectivity index (χ0v) is 38.0. The molecule has 0 amide bonds. The molecule has 65 heavy (non-hydrogen) atoms. The van der Waals surface area contributed by atoms with Crippen LogP contribution in [-0.2, 0) is 21.1 Å². The molecule has 0 saturated carbocycles. The number of aromatic nitrogens is 4. The first kappa shape index (κ1) is 39.2. The van der Waals surface area contributed by atoms with Crippen LogP contribution in [0.5, 0.6) is 0 Å². The van der Waals surface area contributed by atoms with E-state index in [2.05, 4.69) is 172 Å². The summed E-state index contributed by atoms with van der Waals surface area (Å²) in [5.74, 6) is 0.727. The van der Waals surface area contributed by atoms with Crippen molar-refractivity contribution in [1.29, 1.82) is 0 Å². The van der Waals surface area contributed by atoms with E-state index in [1.807, 2.05) is 60.9 Å². The van der Waals surface area contributed by atoms with Crippen molar-refractivity contribution in [2.24, 2.45) is 0 Å². The summed E-state index contributed by atoms with van der Waals surface area (Å²) in [6, 6.07) is 75.4. The van der Waals surface area contributed by atoms with Gasteiger partial charge in [0.2, 0.25) is 0 Å². The van der Waals surface area contributed by atoms with Crippen molar-refractivity contribution in [3.63, 3.8) is 0 Å². The van der Waals surface area contributed by atoms with E-state index >= 15 is 4.39 Å². The summed E-state index contributed by atoms with van der Waals surface area (Å²) in [4.78, 5) is 12.0. The number of hydrogen-bond donors (Lipinski definition) is 0. The molecule has 0 aliphatic carbocycles. The Morgan fingerprint density at radius 1 is 0.523 bits per heavy atom. The van der Waals surface area contributed by atoms with E-state index < -0.39 is 14.2 Å².